The molecule has 2 atom stereocenters. The topological polar surface area (TPSA) is 50.1 Å². The summed E-state index contributed by atoms with van der Waals surface area (Å²) in [5.41, 5.74) is -0.105. The van der Waals surface area contributed by atoms with Crippen molar-refractivity contribution in [1.29, 1.82) is 0 Å². The lowest BCUT2D eigenvalue weighted by Gasteiger charge is -2.39. The molecule has 4 nitrogen and oxygen atoms in total. The van der Waals surface area contributed by atoms with Crippen LogP contribution in [0.1, 0.15) is 38.9 Å². The zero-order valence-electron chi connectivity index (χ0n) is 10.6. The predicted molar refractivity (Wildman–Crippen MR) is 68.2 cm³/mol. The average molecular weight is 258 g/mol. The Bertz CT molecular complexity index is 404. The van der Waals surface area contributed by atoms with Gasteiger partial charge in [-0.2, -0.15) is 5.10 Å². The van der Waals surface area contributed by atoms with Crippen LogP contribution in [-0.2, 0) is 5.60 Å². The first-order valence-electron chi connectivity index (χ1n) is 6.13. The highest BCUT2D eigenvalue weighted by atomic mass is 35.5. The van der Waals surface area contributed by atoms with E-state index in [0.717, 1.165) is 18.8 Å². The minimum Gasteiger partial charge on any atom is -0.383 e. The van der Waals surface area contributed by atoms with Gasteiger partial charge in [0.25, 0.3) is 0 Å². The van der Waals surface area contributed by atoms with Gasteiger partial charge in [-0.15, -0.1) is 0 Å². The first-order chi connectivity index (χ1) is 7.97. The van der Waals surface area contributed by atoms with Gasteiger partial charge in [0.15, 0.2) is 0 Å². The van der Waals surface area contributed by atoms with Crippen molar-refractivity contribution in [3.63, 3.8) is 0 Å². The normalized spacial score (nSPS) is 29.9. The van der Waals surface area contributed by atoms with Crippen molar-refractivity contribution >= 4 is 11.6 Å². The number of nitrogens with one attached hydrogen (secondary N) is 1. The fourth-order valence-corrected chi connectivity index (χ4v) is 2.80. The molecule has 0 bridgehead atoms. The Morgan fingerprint density at radius 3 is 2.94 bits per heavy atom. The van der Waals surface area contributed by atoms with Crippen LogP contribution >= 0.6 is 11.6 Å². The van der Waals surface area contributed by atoms with E-state index in [-0.39, 0.29) is 12.0 Å². The highest BCUT2D eigenvalue weighted by Gasteiger charge is 2.42. The number of piperidine rings is 1. The lowest BCUT2D eigenvalue weighted by molar-refractivity contribution is -0.0471. The second-order valence-electron chi connectivity index (χ2n) is 5.16. The molecule has 0 aliphatic carbocycles. The summed E-state index contributed by atoms with van der Waals surface area (Å²) in [7, 11) is 0. The summed E-state index contributed by atoms with van der Waals surface area (Å²) in [6.45, 7) is 7.74. The van der Waals surface area contributed by atoms with Crippen molar-refractivity contribution in [1.82, 2.24) is 15.1 Å². The molecule has 0 aromatic carbocycles. The molecule has 0 spiro atoms. The first-order valence-corrected chi connectivity index (χ1v) is 6.51. The van der Waals surface area contributed by atoms with Crippen molar-refractivity contribution in [2.45, 2.75) is 38.8 Å². The summed E-state index contributed by atoms with van der Waals surface area (Å²) in [5.74, 6) is 0.128. The maximum Gasteiger partial charge on any atom is 0.113 e. The van der Waals surface area contributed by atoms with Crippen LogP contribution < -0.4 is 5.32 Å². The van der Waals surface area contributed by atoms with Crippen LogP contribution in [0.15, 0.2) is 6.20 Å². The Labute approximate surface area is 107 Å². The highest BCUT2D eigenvalue weighted by molar-refractivity contribution is 6.31. The standard InChI is InChI=1S/C12H20ClN3O/c1-8(2)16-11(10(13)7-15-16)12(17)4-5-14-6-9(12)3/h7-9,14,17H,4-6H2,1-3H3. The zero-order valence-corrected chi connectivity index (χ0v) is 11.3. The molecule has 5 heteroatoms. The SMILES string of the molecule is CC(C)n1ncc(Cl)c1C1(O)CCNCC1C. The molecule has 0 amide bonds. The number of aliphatic hydroxyl groups is 1. The molecule has 1 aromatic heterocycles. The van der Waals surface area contributed by atoms with Gasteiger partial charge in [0, 0.05) is 18.5 Å². The Morgan fingerprint density at radius 2 is 2.35 bits per heavy atom. The maximum absolute atomic E-state index is 10.9. The molecule has 1 aliphatic rings. The molecule has 2 heterocycles. The van der Waals surface area contributed by atoms with Crippen molar-refractivity contribution in [2.75, 3.05) is 13.1 Å². The van der Waals surface area contributed by atoms with Crippen molar-refractivity contribution in [3.8, 4) is 0 Å². The Morgan fingerprint density at radius 1 is 1.65 bits per heavy atom. The van der Waals surface area contributed by atoms with E-state index in [9.17, 15) is 5.11 Å². The van der Waals surface area contributed by atoms with Gasteiger partial charge < -0.3 is 10.4 Å². The average Bonchev–Trinajstić information content (AvgIpc) is 2.65. The summed E-state index contributed by atoms with van der Waals surface area (Å²) < 4.78 is 1.84. The van der Waals surface area contributed by atoms with E-state index in [4.69, 9.17) is 11.6 Å². The molecule has 96 valence electrons. The van der Waals surface area contributed by atoms with Crippen LogP contribution in [0.4, 0.5) is 0 Å². The second-order valence-corrected chi connectivity index (χ2v) is 5.57. The van der Waals surface area contributed by atoms with E-state index >= 15 is 0 Å². The third-order valence-electron chi connectivity index (χ3n) is 3.60. The zero-order chi connectivity index (χ0) is 12.6. The smallest absolute Gasteiger partial charge is 0.113 e. The van der Waals surface area contributed by atoms with E-state index in [1.54, 1.807) is 6.20 Å². The molecule has 2 rings (SSSR count). The molecular weight excluding hydrogens is 238 g/mol. The summed E-state index contributed by atoms with van der Waals surface area (Å²) in [4.78, 5) is 0. The Balaban J connectivity index is 2.47. The number of hydrogen-bond donors (Lipinski definition) is 2. The molecule has 2 unspecified atom stereocenters. The molecule has 0 radical (unpaired) electrons. The maximum atomic E-state index is 10.9. The van der Waals surface area contributed by atoms with Crippen LogP contribution in [0.5, 0.6) is 0 Å². The predicted octanol–water partition coefficient (Wildman–Crippen LogP) is 1.93. The minimum atomic E-state index is -0.872. The van der Waals surface area contributed by atoms with Gasteiger partial charge in [0.05, 0.1) is 16.9 Å². The molecule has 1 fully saturated rings. The Hall–Kier alpha value is -0.580. The van der Waals surface area contributed by atoms with Crippen LogP contribution in [0.2, 0.25) is 5.02 Å². The van der Waals surface area contributed by atoms with Crippen molar-refractivity contribution in [2.24, 2.45) is 5.92 Å². The molecule has 0 saturated carbocycles. The van der Waals surface area contributed by atoms with E-state index in [1.165, 1.54) is 0 Å². The molecule has 2 N–H and O–H groups in total. The molecular formula is C12H20ClN3O. The second kappa shape index (κ2) is 4.59. The van der Waals surface area contributed by atoms with Crippen molar-refractivity contribution < 1.29 is 5.11 Å². The largest absolute Gasteiger partial charge is 0.383 e. The third kappa shape index (κ3) is 2.09. The number of halogens is 1. The van der Waals surface area contributed by atoms with Gasteiger partial charge in [-0.3, -0.25) is 4.68 Å². The van der Waals surface area contributed by atoms with Crippen LogP contribution in [0.3, 0.4) is 0 Å². The molecule has 1 aromatic rings. The van der Waals surface area contributed by atoms with E-state index in [2.05, 4.69) is 10.4 Å². The van der Waals surface area contributed by atoms with Gasteiger partial charge in [0.1, 0.15) is 5.60 Å². The monoisotopic (exact) mass is 257 g/mol. The fourth-order valence-electron chi connectivity index (χ4n) is 2.50. The lowest BCUT2D eigenvalue weighted by Crippen LogP contribution is -2.48. The van der Waals surface area contributed by atoms with Gasteiger partial charge in [-0.25, -0.2) is 0 Å². The number of aromatic nitrogens is 2. The number of rotatable bonds is 2. The third-order valence-corrected chi connectivity index (χ3v) is 3.88. The molecule has 17 heavy (non-hydrogen) atoms. The summed E-state index contributed by atoms with van der Waals surface area (Å²) in [5, 5.41) is 19.1. The van der Waals surface area contributed by atoms with Crippen LogP contribution in [0.25, 0.3) is 0 Å². The summed E-state index contributed by atoms with van der Waals surface area (Å²) in [6.07, 6.45) is 2.30. The number of hydrogen-bond acceptors (Lipinski definition) is 3. The summed E-state index contributed by atoms with van der Waals surface area (Å²) >= 11 is 6.21. The van der Waals surface area contributed by atoms with E-state index in [1.807, 2.05) is 25.5 Å². The van der Waals surface area contributed by atoms with Crippen molar-refractivity contribution in [3.05, 3.63) is 16.9 Å². The van der Waals surface area contributed by atoms with Crippen LogP contribution in [0, 0.1) is 5.92 Å². The molecule has 1 saturated heterocycles. The number of nitrogens with zero attached hydrogens (tertiary/aromatic N) is 2. The van der Waals surface area contributed by atoms with Gasteiger partial charge in [-0.05, 0) is 26.8 Å². The lowest BCUT2D eigenvalue weighted by atomic mass is 9.80. The van der Waals surface area contributed by atoms with Gasteiger partial charge >= 0.3 is 0 Å². The van der Waals surface area contributed by atoms with Gasteiger partial charge in [-0.1, -0.05) is 18.5 Å². The molecule has 1 aliphatic heterocycles. The van der Waals surface area contributed by atoms with E-state index in [0.29, 0.717) is 11.4 Å². The van der Waals surface area contributed by atoms with Crippen LogP contribution in [-0.4, -0.2) is 28.0 Å². The fraction of sp³-hybridized carbons (Fsp3) is 0.750. The minimum absolute atomic E-state index is 0.128. The van der Waals surface area contributed by atoms with Gasteiger partial charge in [0.2, 0.25) is 0 Å². The first kappa shape index (κ1) is 12.9. The quantitative estimate of drug-likeness (QED) is 0.851. The highest BCUT2D eigenvalue weighted by Crippen LogP contribution is 2.39. The summed E-state index contributed by atoms with van der Waals surface area (Å²) in [6, 6.07) is 0.198. The van der Waals surface area contributed by atoms with E-state index < -0.39 is 5.60 Å². The Kier molecular flexibility index (Phi) is 3.48.